The Balaban J connectivity index is 1.84. The summed E-state index contributed by atoms with van der Waals surface area (Å²) in [6.07, 6.45) is 0. The lowest BCUT2D eigenvalue weighted by Gasteiger charge is -2.15. The van der Waals surface area contributed by atoms with Gasteiger partial charge in [-0.1, -0.05) is 29.8 Å². The van der Waals surface area contributed by atoms with Crippen LogP contribution in [0.15, 0.2) is 45.9 Å². The van der Waals surface area contributed by atoms with Gasteiger partial charge in [-0.3, -0.25) is 4.99 Å². The smallest absolute Gasteiger partial charge is 0.175 e. The van der Waals surface area contributed by atoms with Gasteiger partial charge in [-0.25, -0.2) is 0 Å². The van der Waals surface area contributed by atoms with Gasteiger partial charge in [0, 0.05) is 17.9 Å². The lowest BCUT2D eigenvalue weighted by molar-refractivity contribution is 0.267. The summed E-state index contributed by atoms with van der Waals surface area (Å²) >= 11 is 5.41. The van der Waals surface area contributed by atoms with Crippen molar-refractivity contribution in [1.82, 2.24) is 0 Å². The van der Waals surface area contributed by atoms with Crippen LogP contribution < -0.4 is 9.47 Å². The van der Waals surface area contributed by atoms with E-state index in [9.17, 15) is 0 Å². The van der Waals surface area contributed by atoms with Gasteiger partial charge in [-0.05, 0) is 47.5 Å². The number of hydrogen-bond donors (Lipinski definition) is 0. The molecular formula is C19H20BrNO2S. The fourth-order valence-electron chi connectivity index (χ4n) is 2.44. The Morgan fingerprint density at radius 1 is 1.17 bits per heavy atom. The fraction of sp³-hybridized carbons (Fsp3) is 0.316. The first-order valence-electron chi connectivity index (χ1n) is 7.99. The largest absolute Gasteiger partial charge is 0.490 e. The quantitative estimate of drug-likeness (QED) is 0.658. The maximum atomic E-state index is 6.05. The molecule has 1 heterocycles. The molecule has 24 heavy (non-hydrogen) atoms. The monoisotopic (exact) mass is 405 g/mol. The molecule has 2 aromatic rings. The molecule has 0 fully saturated rings. The molecule has 0 unspecified atom stereocenters. The SMILES string of the molecule is CCOc1cc(C2=NCCS2)cc(Br)c1OCc1ccc(C)cc1. The van der Waals surface area contributed by atoms with Crippen LogP contribution in [-0.4, -0.2) is 23.9 Å². The van der Waals surface area contributed by atoms with Crippen molar-refractivity contribution >= 4 is 32.7 Å². The molecule has 0 atom stereocenters. The topological polar surface area (TPSA) is 30.8 Å². The molecule has 3 rings (SSSR count). The van der Waals surface area contributed by atoms with Crippen molar-refractivity contribution in [2.75, 3.05) is 18.9 Å². The van der Waals surface area contributed by atoms with Gasteiger partial charge in [-0.2, -0.15) is 0 Å². The second kappa shape index (κ2) is 8.08. The molecule has 0 radical (unpaired) electrons. The number of ether oxygens (including phenoxy) is 2. The average Bonchev–Trinajstić information content (AvgIpc) is 3.10. The van der Waals surface area contributed by atoms with Crippen molar-refractivity contribution in [3.8, 4) is 11.5 Å². The normalized spacial score (nSPS) is 13.7. The Bertz CT molecular complexity index is 744. The molecule has 0 bridgehead atoms. The second-order valence-corrected chi connectivity index (χ2v) is 7.47. The van der Waals surface area contributed by atoms with E-state index in [0.717, 1.165) is 44.4 Å². The third kappa shape index (κ3) is 4.14. The fourth-order valence-corrected chi connectivity index (χ4v) is 3.84. The summed E-state index contributed by atoms with van der Waals surface area (Å²) in [5, 5.41) is 1.07. The minimum absolute atomic E-state index is 0.508. The maximum absolute atomic E-state index is 6.05. The maximum Gasteiger partial charge on any atom is 0.175 e. The molecule has 0 saturated heterocycles. The van der Waals surface area contributed by atoms with Gasteiger partial charge in [0.2, 0.25) is 0 Å². The van der Waals surface area contributed by atoms with Crippen LogP contribution in [-0.2, 0) is 6.61 Å². The van der Waals surface area contributed by atoms with Crippen molar-refractivity contribution in [3.05, 3.63) is 57.6 Å². The lowest BCUT2D eigenvalue weighted by Crippen LogP contribution is -2.03. The predicted octanol–water partition coefficient (Wildman–Crippen LogP) is 5.23. The number of halogens is 1. The number of thioether (sulfide) groups is 1. The third-order valence-corrected chi connectivity index (χ3v) is 5.26. The minimum atomic E-state index is 0.508. The van der Waals surface area contributed by atoms with Crippen LogP contribution in [0.3, 0.4) is 0 Å². The van der Waals surface area contributed by atoms with Crippen LogP contribution in [0.2, 0.25) is 0 Å². The van der Waals surface area contributed by atoms with E-state index in [4.69, 9.17) is 9.47 Å². The van der Waals surface area contributed by atoms with E-state index in [1.807, 2.05) is 13.0 Å². The zero-order valence-corrected chi connectivity index (χ0v) is 16.2. The van der Waals surface area contributed by atoms with Crippen molar-refractivity contribution in [3.63, 3.8) is 0 Å². The molecular weight excluding hydrogens is 386 g/mol. The Kier molecular flexibility index (Phi) is 5.85. The number of nitrogens with zero attached hydrogens (tertiary/aromatic N) is 1. The standard InChI is InChI=1S/C19H20BrNO2S/c1-3-22-17-11-15(19-21-8-9-24-19)10-16(20)18(17)23-12-14-6-4-13(2)5-7-14/h4-7,10-11H,3,8-9,12H2,1-2H3. The summed E-state index contributed by atoms with van der Waals surface area (Å²) in [5.74, 6) is 2.54. The van der Waals surface area contributed by atoms with Gasteiger partial charge < -0.3 is 9.47 Å². The zero-order valence-electron chi connectivity index (χ0n) is 13.8. The van der Waals surface area contributed by atoms with E-state index in [1.165, 1.54) is 5.56 Å². The second-order valence-electron chi connectivity index (χ2n) is 5.53. The Morgan fingerprint density at radius 2 is 1.96 bits per heavy atom. The summed E-state index contributed by atoms with van der Waals surface area (Å²) in [5.41, 5.74) is 3.46. The van der Waals surface area contributed by atoms with Crippen molar-refractivity contribution in [1.29, 1.82) is 0 Å². The Morgan fingerprint density at radius 3 is 2.62 bits per heavy atom. The molecule has 1 aliphatic heterocycles. The summed E-state index contributed by atoms with van der Waals surface area (Å²) < 4.78 is 12.7. The van der Waals surface area contributed by atoms with Crippen molar-refractivity contribution < 1.29 is 9.47 Å². The molecule has 2 aromatic carbocycles. The molecule has 3 nitrogen and oxygen atoms in total. The Hall–Kier alpha value is -1.46. The number of rotatable bonds is 6. The van der Waals surface area contributed by atoms with Crippen LogP contribution >= 0.6 is 27.7 Å². The van der Waals surface area contributed by atoms with E-state index >= 15 is 0 Å². The van der Waals surface area contributed by atoms with Gasteiger partial charge in [0.05, 0.1) is 16.1 Å². The molecule has 5 heteroatoms. The summed E-state index contributed by atoms with van der Waals surface area (Å²) in [7, 11) is 0. The lowest BCUT2D eigenvalue weighted by atomic mass is 10.1. The van der Waals surface area contributed by atoms with Gasteiger partial charge in [0.15, 0.2) is 11.5 Å². The molecule has 0 aliphatic carbocycles. The molecule has 0 spiro atoms. The number of benzene rings is 2. The zero-order chi connectivity index (χ0) is 16.9. The highest BCUT2D eigenvalue weighted by atomic mass is 79.9. The number of aryl methyl sites for hydroxylation is 1. The van der Waals surface area contributed by atoms with Crippen LogP contribution in [0.4, 0.5) is 0 Å². The predicted molar refractivity (Wildman–Crippen MR) is 105 cm³/mol. The van der Waals surface area contributed by atoms with Crippen LogP contribution in [0.1, 0.15) is 23.6 Å². The van der Waals surface area contributed by atoms with Gasteiger partial charge in [-0.15, -0.1) is 11.8 Å². The van der Waals surface area contributed by atoms with Gasteiger partial charge >= 0.3 is 0 Å². The number of aliphatic imine (C=N–C) groups is 1. The molecule has 1 aliphatic rings. The van der Waals surface area contributed by atoms with E-state index < -0.39 is 0 Å². The molecule has 126 valence electrons. The summed E-state index contributed by atoms with van der Waals surface area (Å²) in [6, 6.07) is 12.4. The van der Waals surface area contributed by atoms with E-state index in [1.54, 1.807) is 11.8 Å². The summed E-state index contributed by atoms with van der Waals surface area (Å²) in [6.45, 7) is 6.04. The van der Waals surface area contributed by atoms with Crippen molar-refractivity contribution in [2.45, 2.75) is 20.5 Å². The first-order valence-corrected chi connectivity index (χ1v) is 9.77. The van der Waals surface area contributed by atoms with Gasteiger partial charge in [0.1, 0.15) is 6.61 Å². The van der Waals surface area contributed by atoms with Gasteiger partial charge in [0.25, 0.3) is 0 Å². The van der Waals surface area contributed by atoms with Crippen LogP contribution in [0.25, 0.3) is 0 Å². The van der Waals surface area contributed by atoms with E-state index in [-0.39, 0.29) is 0 Å². The summed E-state index contributed by atoms with van der Waals surface area (Å²) in [4.78, 5) is 4.54. The van der Waals surface area contributed by atoms with Crippen LogP contribution in [0.5, 0.6) is 11.5 Å². The minimum Gasteiger partial charge on any atom is -0.490 e. The van der Waals surface area contributed by atoms with Crippen molar-refractivity contribution in [2.24, 2.45) is 4.99 Å². The van der Waals surface area contributed by atoms with E-state index in [0.29, 0.717) is 13.2 Å². The van der Waals surface area contributed by atoms with E-state index in [2.05, 4.69) is 58.2 Å². The first kappa shape index (κ1) is 17.4. The molecule has 0 aromatic heterocycles. The highest BCUT2D eigenvalue weighted by Gasteiger charge is 2.17. The molecule has 0 N–H and O–H groups in total. The third-order valence-electron chi connectivity index (χ3n) is 3.65. The number of hydrogen-bond acceptors (Lipinski definition) is 4. The average molecular weight is 406 g/mol. The highest BCUT2D eigenvalue weighted by molar-refractivity contribution is 9.10. The first-order chi connectivity index (χ1) is 11.7. The highest BCUT2D eigenvalue weighted by Crippen LogP contribution is 2.39. The molecule has 0 amide bonds. The van der Waals surface area contributed by atoms with Crippen LogP contribution in [0, 0.1) is 6.92 Å². The molecule has 0 saturated carbocycles. The Labute approximate surface area is 155 Å².